The van der Waals surface area contributed by atoms with Crippen LogP contribution in [0.4, 0.5) is 0 Å². The molecule has 0 bridgehead atoms. The standard InChI is InChI=1S/C7H11NO2.ClH/c8-6-4-2-1-3-5(6)7(9)10;/h1-2,5-6H,3-4,8H2,(H,9,10);1H/t5-,6-;/m1./s1. The van der Waals surface area contributed by atoms with Crippen LogP contribution < -0.4 is 5.73 Å². The monoisotopic (exact) mass is 177 g/mol. The molecule has 0 heterocycles. The van der Waals surface area contributed by atoms with E-state index in [2.05, 4.69) is 0 Å². The Morgan fingerprint density at radius 3 is 2.36 bits per heavy atom. The first-order chi connectivity index (χ1) is 4.72. The molecule has 11 heavy (non-hydrogen) atoms. The second-order valence-electron chi connectivity index (χ2n) is 2.55. The molecule has 0 unspecified atom stereocenters. The third-order valence-electron chi connectivity index (χ3n) is 1.80. The van der Waals surface area contributed by atoms with Crippen molar-refractivity contribution in [3.8, 4) is 0 Å². The molecule has 0 aromatic rings. The highest BCUT2D eigenvalue weighted by molar-refractivity contribution is 5.85. The molecule has 64 valence electrons. The molecular weight excluding hydrogens is 166 g/mol. The lowest BCUT2D eigenvalue weighted by Gasteiger charge is -2.20. The Bertz CT molecular complexity index is 170. The molecule has 2 atom stereocenters. The number of hydrogen-bond acceptors (Lipinski definition) is 2. The molecule has 4 heteroatoms. The van der Waals surface area contributed by atoms with Gasteiger partial charge in [0.1, 0.15) is 0 Å². The summed E-state index contributed by atoms with van der Waals surface area (Å²) in [5.74, 6) is -1.15. The van der Waals surface area contributed by atoms with Gasteiger partial charge in [-0.1, -0.05) is 12.2 Å². The van der Waals surface area contributed by atoms with Crippen LogP contribution >= 0.6 is 12.4 Å². The number of allylic oxidation sites excluding steroid dienone is 1. The summed E-state index contributed by atoms with van der Waals surface area (Å²) < 4.78 is 0. The lowest BCUT2D eigenvalue weighted by molar-refractivity contribution is -0.142. The number of carbonyl (C=O) groups is 1. The molecule has 0 amide bonds. The molecule has 3 N–H and O–H groups in total. The maximum Gasteiger partial charge on any atom is 0.308 e. The first-order valence-corrected chi connectivity index (χ1v) is 3.35. The molecule has 0 fully saturated rings. The van der Waals surface area contributed by atoms with E-state index >= 15 is 0 Å². The molecule has 0 saturated heterocycles. The Morgan fingerprint density at radius 2 is 2.00 bits per heavy atom. The summed E-state index contributed by atoms with van der Waals surface area (Å²) >= 11 is 0. The average molecular weight is 178 g/mol. The van der Waals surface area contributed by atoms with Gasteiger partial charge in [-0.25, -0.2) is 0 Å². The largest absolute Gasteiger partial charge is 0.481 e. The molecule has 1 aliphatic rings. The minimum Gasteiger partial charge on any atom is -0.481 e. The number of hydrogen-bond donors (Lipinski definition) is 2. The number of carboxylic acids is 1. The summed E-state index contributed by atoms with van der Waals surface area (Å²) in [6.45, 7) is 0. The lowest BCUT2D eigenvalue weighted by Crippen LogP contribution is -2.36. The summed E-state index contributed by atoms with van der Waals surface area (Å²) in [5, 5.41) is 8.59. The number of aliphatic carboxylic acids is 1. The van der Waals surface area contributed by atoms with E-state index in [4.69, 9.17) is 10.8 Å². The molecule has 0 radical (unpaired) electrons. The maximum atomic E-state index is 10.5. The van der Waals surface area contributed by atoms with Crippen LogP contribution in [0.15, 0.2) is 12.2 Å². The van der Waals surface area contributed by atoms with Crippen LogP contribution in [0.3, 0.4) is 0 Å². The van der Waals surface area contributed by atoms with Gasteiger partial charge < -0.3 is 10.8 Å². The zero-order valence-corrected chi connectivity index (χ0v) is 6.88. The van der Waals surface area contributed by atoms with Gasteiger partial charge in [0.25, 0.3) is 0 Å². The van der Waals surface area contributed by atoms with Crippen LogP contribution in [0, 0.1) is 5.92 Å². The van der Waals surface area contributed by atoms with Gasteiger partial charge in [0.2, 0.25) is 0 Å². The minimum atomic E-state index is -0.781. The topological polar surface area (TPSA) is 63.3 Å². The number of carboxylic acid groups (broad SMARTS) is 1. The molecule has 0 saturated carbocycles. The first kappa shape index (κ1) is 10.5. The summed E-state index contributed by atoms with van der Waals surface area (Å²) in [6, 6.07) is -0.192. The number of rotatable bonds is 1. The van der Waals surface area contributed by atoms with E-state index in [1.807, 2.05) is 12.2 Å². The van der Waals surface area contributed by atoms with Crippen molar-refractivity contribution in [3.05, 3.63) is 12.2 Å². The first-order valence-electron chi connectivity index (χ1n) is 3.35. The van der Waals surface area contributed by atoms with Gasteiger partial charge >= 0.3 is 5.97 Å². The average Bonchev–Trinajstić information content (AvgIpc) is 1.88. The fraction of sp³-hybridized carbons (Fsp3) is 0.571. The molecular formula is C7H12ClNO2. The van der Waals surface area contributed by atoms with E-state index in [1.54, 1.807) is 0 Å². The van der Waals surface area contributed by atoms with Gasteiger partial charge in [-0.3, -0.25) is 4.79 Å². The SMILES string of the molecule is Cl.N[C@@H]1CC=CC[C@H]1C(=O)O. The van der Waals surface area contributed by atoms with Crippen LogP contribution in [0.5, 0.6) is 0 Å². The van der Waals surface area contributed by atoms with Crippen LogP contribution in [0.25, 0.3) is 0 Å². The quantitative estimate of drug-likeness (QED) is 0.582. The minimum absolute atomic E-state index is 0. The molecule has 1 rings (SSSR count). The third kappa shape index (κ3) is 2.52. The predicted octanol–water partition coefficient (Wildman–Crippen LogP) is 0.786. The molecule has 1 aliphatic carbocycles. The number of halogens is 1. The van der Waals surface area contributed by atoms with Crippen LogP contribution in [0.2, 0.25) is 0 Å². The zero-order valence-electron chi connectivity index (χ0n) is 6.06. The van der Waals surface area contributed by atoms with Crippen molar-refractivity contribution in [2.24, 2.45) is 11.7 Å². The fourth-order valence-electron chi connectivity index (χ4n) is 1.12. The summed E-state index contributed by atoms with van der Waals surface area (Å²) in [5.41, 5.74) is 5.55. The second kappa shape index (κ2) is 4.36. The molecule has 0 aromatic heterocycles. The third-order valence-corrected chi connectivity index (χ3v) is 1.80. The van der Waals surface area contributed by atoms with Crippen LogP contribution in [0.1, 0.15) is 12.8 Å². The van der Waals surface area contributed by atoms with E-state index < -0.39 is 5.97 Å². The Hall–Kier alpha value is -0.540. The van der Waals surface area contributed by atoms with Crippen molar-refractivity contribution in [3.63, 3.8) is 0 Å². The molecule has 0 aliphatic heterocycles. The highest BCUT2D eigenvalue weighted by Gasteiger charge is 2.24. The van der Waals surface area contributed by atoms with Crippen molar-refractivity contribution in [2.45, 2.75) is 18.9 Å². The van der Waals surface area contributed by atoms with Gasteiger partial charge in [-0.2, -0.15) is 0 Å². The Labute approximate surface area is 71.7 Å². The van der Waals surface area contributed by atoms with Crippen molar-refractivity contribution in [1.29, 1.82) is 0 Å². The van der Waals surface area contributed by atoms with Crippen LogP contribution in [-0.2, 0) is 4.79 Å². The fourth-order valence-corrected chi connectivity index (χ4v) is 1.12. The van der Waals surface area contributed by atoms with Gasteiger partial charge in [0.05, 0.1) is 5.92 Å². The van der Waals surface area contributed by atoms with E-state index in [0.29, 0.717) is 12.8 Å². The van der Waals surface area contributed by atoms with Gasteiger partial charge in [-0.05, 0) is 12.8 Å². The predicted molar refractivity (Wildman–Crippen MR) is 44.7 cm³/mol. The van der Waals surface area contributed by atoms with Crippen molar-refractivity contribution in [2.75, 3.05) is 0 Å². The van der Waals surface area contributed by atoms with E-state index in [0.717, 1.165) is 0 Å². The van der Waals surface area contributed by atoms with Crippen molar-refractivity contribution in [1.82, 2.24) is 0 Å². The highest BCUT2D eigenvalue weighted by atomic mass is 35.5. The summed E-state index contributed by atoms with van der Waals surface area (Å²) in [6.07, 6.45) is 5.08. The number of nitrogens with two attached hydrogens (primary N) is 1. The zero-order chi connectivity index (χ0) is 7.56. The summed E-state index contributed by atoms with van der Waals surface area (Å²) in [4.78, 5) is 10.5. The smallest absolute Gasteiger partial charge is 0.308 e. The van der Waals surface area contributed by atoms with E-state index in [1.165, 1.54) is 0 Å². The van der Waals surface area contributed by atoms with Crippen molar-refractivity contribution >= 4 is 18.4 Å². The lowest BCUT2D eigenvalue weighted by atomic mass is 9.90. The van der Waals surface area contributed by atoms with Gasteiger partial charge in [0.15, 0.2) is 0 Å². The molecule has 0 spiro atoms. The molecule has 0 aromatic carbocycles. The van der Waals surface area contributed by atoms with Gasteiger partial charge in [0, 0.05) is 6.04 Å². The summed E-state index contributed by atoms with van der Waals surface area (Å²) in [7, 11) is 0. The van der Waals surface area contributed by atoms with Gasteiger partial charge in [-0.15, -0.1) is 12.4 Å². The highest BCUT2D eigenvalue weighted by Crippen LogP contribution is 2.16. The Balaban J connectivity index is 0.000001000. The van der Waals surface area contributed by atoms with Crippen LogP contribution in [-0.4, -0.2) is 17.1 Å². The second-order valence-corrected chi connectivity index (χ2v) is 2.55. The maximum absolute atomic E-state index is 10.5. The van der Waals surface area contributed by atoms with E-state index in [-0.39, 0.29) is 24.4 Å². The molecule has 3 nitrogen and oxygen atoms in total. The normalized spacial score (nSPS) is 29.2. The van der Waals surface area contributed by atoms with Crippen molar-refractivity contribution < 1.29 is 9.90 Å². The Kier molecular flexibility index (Phi) is 4.15. The van der Waals surface area contributed by atoms with E-state index in [9.17, 15) is 4.79 Å². The Morgan fingerprint density at radius 1 is 1.45 bits per heavy atom.